The van der Waals surface area contributed by atoms with Crippen molar-refractivity contribution in [2.75, 3.05) is 6.54 Å². The number of ether oxygens (including phenoxy) is 1. The van der Waals surface area contributed by atoms with E-state index < -0.39 is 28.3 Å². The van der Waals surface area contributed by atoms with E-state index in [0.717, 1.165) is 11.1 Å². The molecule has 0 aliphatic carbocycles. The van der Waals surface area contributed by atoms with Gasteiger partial charge in [0, 0.05) is 13.1 Å². The van der Waals surface area contributed by atoms with Crippen molar-refractivity contribution in [1.29, 1.82) is 0 Å². The number of aliphatic hydroxyl groups excluding tert-OH is 1. The van der Waals surface area contributed by atoms with E-state index >= 15 is 0 Å². The number of hydrogen-bond donors (Lipinski definition) is 3. The number of carbonyl (C=O) groups is 1. The third kappa shape index (κ3) is 5.58. The molecule has 8 nitrogen and oxygen atoms in total. The van der Waals surface area contributed by atoms with Crippen LogP contribution in [0.15, 0.2) is 83.8 Å². The Hall–Kier alpha value is -3.24. The molecular formula is C24H25N3O5S. The topological polar surface area (TPSA) is 108 Å². The molecule has 1 fully saturated rings. The zero-order valence-electron chi connectivity index (χ0n) is 18.0. The largest absolute Gasteiger partial charge is 0.457 e. The highest BCUT2D eigenvalue weighted by Crippen LogP contribution is 2.25. The SMILES string of the molecule is Cc1ccc(Oc2ccc(S(=O)(=O)N(Cc3ccccc3)C[C@@H]3NC(O)NC3=O)cc2)cc1. The van der Waals surface area contributed by atoms with Crippen LogP contribution in [0.4, 0.5) is 0 Å². The van der Waals surface area contributed by atoms with Crippen molar-refractivity contribution in [1.82, 2.24) is 14.9 Å². The Balaban J connectivity index is 1.56. The molecule has 3 N–H and O–H groups in total. The van der Waals surface area contributed by atoms with Gasteiger partial charge in [0.1, 0.15) is 17.5 Å². The molecule has 9 heteroatoms. The molecule has 0 bridgehead atoms. The van der Waals surface area contributed by atoms with Gasteiger partial charge in [-0.25, -0.2) is 8.42 Å². The molecule has 0 aromatic heterocycles. The van der Waals surface area contributed by atoms with Crippen molar-refractivity contribution in [2.24, 2.45) is 0 Å². The lowest BCUT2D eigenvalue weighted by Crippen LogP contribution is -2.44. The highest BCUT2D eigenvalue weighted by Gasteiger charge is 2.35. The quantitative estimate of drug-likeness (QED) is 0.469. The molecule has 3 aromatic rings. The number of nitrogens with one attached hydrogen (secondary N) is 2. The number of nitrogens with zero attached hydrogens (tertiary/aromatic N) is 1. The van der Waals surface area contributed by atoms with Gasteiger partial charge >= 0.3 is 0 Å². The van der Waals surface area contributed by atoms with Gasteiger partial charge in [-0.15, -0.1) is 0 Å². The molecule has 1 saturated heterocycles. The van der Waals surface area contributed by atoms with E-state index in [2.05, 4.69) is 10.6 Å². The number of sulfonamides is 1. The van der Waals surface area contributed by atoms with Gasteiger partial charge in [-0.05, 0) is 48.9 Å². The number of hydrogen-bond acceptors (Lipinski definition) is 6. The minimum absolute atomic E-state index is 0.0757. The van der Waals surface area contributed by atoms with Crippen LogP contribution in [0, 0.1) is 6.92 Å². The monoisotopic (exact) mass is 467 g/mol. The van der Waals surface area contributed by atoms with E-state index in [4.69, 9.17) is 4.74 Å². The molecule has 33 heavy (non-hydrogen) atoms. The standard InChI is InChI=1S/C24H25N3O5S/c1-17-7-9-19(10-8-17)32-20-11-13-21(14-12-20)33(30,31)27(15-18-5-3-2-4-6-18)16-22-23(28)26-24(29)25-22/h2-14,22,24-25,29H,15-16H2,1H3,(H,26,28)/t22-,24?/m0/s1. The average Bonchev–Trinajstić information content (AvgIpc) is 3.12. The Morgan fingerprint density at radius 2 is 1.55 bits per heavy atom. The fourth-order valence-corrected chi connectivity index (χ4v) is 4.93. The second kappa shape index (κ2) is 9.72. The summed E-state index contributed by atoms with van der Waals surface area (Å²) in [5.74, 6) is 0.698. The molecule has 1 aliphatic heterocycles. The first-order valence-corrected chi connectivity index (χ1v) is 11.9. The molecular weight excluding hydrogens is 442 g/mol. The fraction of sp³-hybridized carbons (Fsp3) is 0.208. The van der Waals surface area contributed by atoms with Crippen LogP contribution in [0.2, 0.25) is 0 Å². The maximum absolute atomic E-state index is 13.5. The molecule has 1 amide bonds. The Morgan fingerprint density at radius 3 is 2.12 bits per heavy atom. The predicted octanol–water partition coefficient (Wildman–Crippen LogP) is 2.34. The van der Waals surface area contributed by atoms with Gasteiger partial charge in [0.2, 0.25) is 15.9 Å². The van der Waals surface area contributed by atoms with Crippen molar-refractivity contribution in [3.05, 3.63) is 90.0 Å². The summed E-state index contributed by atoms with van der Waals surface area (Å²) in [6, 6.07) is 21.9. The van der Waals surface area contributed by atoms with Gasteiger partial charge < -0.3 is 15.2 Å². The van der Waals surface area contributed by atoms with Crippen LogP contribution < -0.4 is 15.4 Å². The Morgan fingerprint density at radius 1 is 0.939 bits per heavy atom. The minimum atomic E-state index is -3.95. The smallest absolute Gasteiger partial charge is 0.243 e. The zero-order chi connectivity index (χ0) is 23.4. The molecule has 4 rings (SSSR count). The Bertz CT molecular complexity index is 1200. The van der Waals surface area contributed by atoms with E-state index in [9.17, 15) is 18.3 Å². The molecule has 1 aliphatic rings. The van der Waals surface area contributed by atoms with Gasteiger partial charge in [0.05, 0.1) is 4.90 Å². The van der Waals surface area contributed by atoms with Crippen LogP contribution in [0.25, 0.3) is 0 Å². The lowest BCUT2D eigenvalue weighted by atomic mass is 10.2. The summed E-state index contributed by atoms with van der Waals surface area (Å²) in [6.45, 7) is 1.92. The number of carbonyl (C=O) groups excluding carboxylic acids is 1. The van der Waals surface area contributed by atoms with Gasteiger partial charge in [-0.2, -0.15) is 4.31 Å². The molecule has 2 atom stereocenters. The third-order valence-electron chi connectivity index (χ3n) is 5.26. The molecule has 0 radical (unpaired) electrons. The molecule has 1 unspecified atom stereocenters. The summed E-state index contributed by atoms with van der Waals surface area (Å²) in [7, 11) is -3.95. The van der Waals surface area contributed by atoms with E-state index in [1.165, 1.54) is 16.4 Å². The van der Waals surface area contributed by atoms with Gasteiger partial charge in [-0.3, -0.25) is 10.1 Å². The Labute approximate surface area is 192 Å². The lowest BCUT2D eigenvalue weighted by molar-refractivity contribution is -0.121. The maximum Gasteiger partial charge on any atom is 0.243 e. The summed E-state index contributed by atoms with van der Waals surface area (Å²) < 4.78 is 34.0. The first-order chi connectivity index (χ1) is 15.8. The van der Waals surface area contributed by atoms with Gasteiger partial charge in [-0.1, -0.05) is 48.0 Å². The van der Waals surface area contributed by atoms with Crippen LogP contribution in [0.1, 0.15) is 11.1 Å². The van der Waals surface area contributed by atoms with Crippen LogP contribution in [0.3, 0.4) is 0 Å². The maximum atomic E-state index is 13.5. The van der Waals surface area contributed by atoms with E-state index in [0.29, 0.717) is 11.5 Å². The van der Waals surface area contributed by atoms with Crippen LogP contribution in [-0.2, 0) is 21.4 Å². The number of rotatable bonds is 8. The summed E-state index contributed by atoms with van der Waals surface area (Å²) in [5, 5.41) is 14.6. The van der Waals surface area contributed by atoms with Gasteiger partial charge in [0.25, 0.3) is 0 Å². The highest BCUT2D eigenvalue weighted by molar-refractivity contribution is 7.89. The average molecular weight is 468 g/mol. The molecule has 1 heterocycles. The van der Waals surface area contributed by atoms with Crippen LogP contribution in [0.5, 0.6) is 11.5 Å². The first kappa shape index (κ1) is 22.9. The number of aliphatic hydroxyl groups is 1. The van der Waals surface area contributed by atoms with Crippen molar-refractivity contribution in [3.8, 4) is 11.5 Å². The number of amides is 1. The second-order valence-corrected chi connectivity index (χ2v) is 9.74. The highest BCUT2D eigenvalue weighted by atomic mass is 32.2. The van der Waals surface area contributed by atoms with Crippen molar-refractivity contribution >= 4 is 15.9 Å². The van der Waals surface area contributed by atoms with E-state index in [-0.39, 0.29) is 18.0 Å². The first-order valence-electron chi connectivity index (χ1n) is 10.4. The molecule has 3 aromatic carbocycles. The number of benzene rings is 3. The molecule has 0 saturated carbocycles. The third-order valence-corrected chi connectivity index (χ3v) is 7.09. The summed E-state index contributed by atoms with van der Waals surface area (Å²) in [6.07, 6.45) is -1.21. The fourth-order valence-electron chi connectivity index (χ4n) is 3.49. The van der Waals surface area contributed by atoms with E-state index in [1.807, 2.05) is 61.5 Å². The van der Waals surface area contributed by atoms with Crippen LogP contribution >= 0.6 is 0 Å². The minimum Gasteiger partial charge on any atom is -0.457 e. The van der Waals surface area contributed by atoms with Crippen molar-refractivity contribution < 1.29 is 23.1 Å². The summed E-state index contributed by atoms with van der Waals surface area (Å²) >= 11 is 0. The van der Waals surface area contributed by atoms with Crippen LogP contribution in [-0.4, -0.2) is 42.7 Å². The summed E-state index contributed by atoms with van der Waals surface area (Å²) in [5.41, 5.74) is 1.89. The lowest BCUT2D eigenvalue weighted by Gasteiger charge is -2.24. The normalized spacial score (nSPS) is 18.3. The van der Waals surface area contributed by atoms with E-state index in [1.54, 1.807) is 12.1 Å². The van der Waals surface area contributed by atoms with Gasteiger partial charge in [0.15, 0.2) is 6.35 Å². The Kier molecular flexibility index (Phi) is 6.75. The second-order valence-electron chi connectivity index (χ2n) is 7.80. The summed E-state index contributed by atoms with van der Waals surface area (Å²) in [4.78, 5) is 12.2. The van der Waals surface area contributed by atoms with Crippen molar-refractivity contribution in [3.63, 3.8) is 0 Å². The molecule has 0 spiro atoms. The predicted molar refractivity (Wildman–Crippen MR) is 123 cm³/mol. The molecule has 172 valence electrons. The number of aryl methyl sites for hydroxylation is 1. The zero-order valence-corrected chi connectivity index (χ0v) is 18.8. The van der Waals surface area contributed by atoms with Crippen molar-refractivity contribution in [2.45, 2.75) is 30.8 Å².